The summed E-state index contributed by atoms with van der Waals surface area (Å²) < 4.78 is 0. The summed E-state index contributed by atoms with van der Waals surface area (Å²) in [4.78, 5) is 25.4. The first-order valence-corrected chi connectivity index (χ1v) is 4.96. The summed E-state index contributed by atoms with van der Waals surface area (Å²) in [6.07, 6.45) is 2.42. The van der Waals surface area contributed by atoms with Crippen LogP contribution in [0.5, 0.6) is 0 Å². The van der Waals surface area contributed by atoms with Crippen LogP contribution in [0, 0.1) is 0 Å². The van der Waals surface area contributed by atoms with Crippen LogP contribution < -0.4 is 16.2 Å². The Kier molecular flexibility index (Phi) is 2.82. The van der Waals surface area contributed by atoms with E-state index in [2.05, 4.69) is 15.6 Å². The molecule has 2 heterocycles. The van der Waals surface area contributed by atoms with Crippen molar-refractivity contribution in [3.8, 4) is 0 Å². The van der Waals surface area contributed by atoms with Gasteiger partial charge in [-0.1, -0.05) is 0 Å². The standard InChI is InChI=1S/C10H13N3O2/c14-9-8(2-1-4-12-9)10(15)13-7-3-5-11-6-7/h1-2,4,7,11H,3,5-6H2,(H,12,14)(H,13,15)/t7-/m0/s1. The van der Waals surface area contributed by atoms with Gasteiger partial charge in [0.15, 0.2) is 0 Å². The van der Waals surface area contributed by atoms with E-state index in [4.69, 9.17) is 0 Å². The number of rotatable bonds is 2. The van der Waals surface area contributed by atoms with Crippen molar-refractivity contribution in [1.82, 2.24) is 15.6 Å². The average molecular weight is 207 g/mol. The highest BCUT2D eigenvalue weighted by Crippen LogP contribution is 1.98. The Morgan fingerprint density at radius 1 is 1.53 bits per heavy atom. The molecule has 3 N–H and O–H groups in total. The van der Waals surface area contributed by atoms with Crippen LogP contribution in [0.4, 0.5) is 0 Å². The molecule has 5 heteroatoms. The molecule has 0 spiro atoms. The first-order valence-electron chi connectivity index (χ1n) is 4.96. The van der Waals surface area contributed by atoms with Crippen LogP contribution in [0.1, 0.15) is 16.8 Å². The van der Waals surface area contributed by atoms with Crippen molar-refractivity contribution >= 4 is 5.91 Å². The van der Waals surface area contributed by atoms with Gasteiger partial charge in [-0.2, -0.15) is 0 Å². The van der Waals surface area contributed by atoms with Gasteiger partial charge in [-0.25, -0.2) is 0 Å². The van der Waals surface area contributed by atoms with E-state index < -0.39 is 0 Å². The van der Waals surface area contributed by atoms with Crippen LogP contribution >= 0.6 is 0 Å². The summed E-state index contributed by atoms with van der Waals surface area (Å²) in [5, 5.41) is 5.96. The topological polar surface area (TPSA) is 74.0 Å². The maximum atomic E-state index is 11.7. The van der Waals surface area contributed by atoms with Gasteiger partial charge >= 0.3 is 0 Å². The lowest BCUT2D eigenvalue weighted by Crippen LogP contribution is -2.38. The number of hydrogen-bond donors (Lipinski definition) is 3. The van der Waals surface area contributed by atoms with Crippen LogP contribution in [-0.2, 0) is 0 Å². The SMILES string of the molecule is O=C(N[C@H]1CCNC1)c1ccc[nH]c1=O. The second kappa shape index (κ2) is 4.27. The van der Waals surface area contributed by atoms with Crippen LogP contribution in [-0.4, -0.2) is 30.0 Å². The summed E-state index contributed by atoms with van der Waals surface area (Å²) in [5.41, 5.74) is -0.176. The molecule has 15 heavy (non-hydrogen) atoms. The molecule has 0 bridgehead atoms. The number of pyridine rings is 1. The molecule has 2 rings (SSSR count). The minimum atomic E-state index is -0.346. The van der Waals surface area contributed by atoms with Gasteiger partial charge in [0, 0.05) is 18.8 Å². The molecule has 0 radical (unpaired) electrons. The fourth-order valence-corrected chi connectivity index (χ4v) is 1.64. The molecule has 1 aliphatic rings. The summed E-state index contributed by atoms with van der Waals surface area (Å²) >= 11 is 0. The quantitative estimate of drug-likeness (QED) is 0.610. The smallest absolute Gasteiger partial charge is 0.260 e. The van der Waals surface area contributed by atoms with E-state index in [0.29, 0.717) is 0 Å². The minimum Gasteiger partial charge on any atom is -0.348 e. The third kappa shape index (κ3) is 2.24. The van der Waals surface area contributed by atoms with E-state index in [1.807, 2.05) is 0 Å². The van der Waals surface area contributed by atoms with Gasteiger partial charge in [-0.05, 0) is 25.1 Å². The molecular weight excluding hydrogens is 194 g/mol. The van der Waals surface area contributed by atoms with E-state index in [1.54, 1.807) is 6.07 Å². The lowest BCUT2D eigenvalue weighted by atomic mass is 10.2. The predicted molar refractivity (Wildman–Crippen MR) is 55.8 cm³/mol. The molecule has 1 amide bonds. The normalized spacial score (nSPS) is 20.1. The van der Waals surface area contributed by atoms with Crippen molar-refractivity contribution < 1.29 is 4.79 Å². The molecule has 1 fully saturated rings. The molecule has 1 aromatic rings. The van der Waals surface area contributed by atoms with Gasteiger partial charge in [0.2, 0.25) is 0 Å². The van der Waals surface area contributed by atoms with Crippen LogP contribution in [0.3, 0.4) is 0 Å². The lowest BCUT2D eigenvalue weighted by Gasteiger charge is -2.10. The second-order valence-electron chi connectivity index (χ2n) is 3.58. The Labute approximate surface area is 86.9 Å². The number of hydrogen-bond acceptors (Lipinski definition) is 3. The Balaban J connectivity index is 2.07. The predicted octanol–water partition coefficient (Wildman–Crippen LogP) is -0.533. The number of nitrogens with one attached hydrogen (secondary N) is 3. The summed E-state index contributed by atoms with van der Waals surface area (Å²) in [6, 6.07) is 3.30. The number of amides is 1. The molecule has 1 atom stereocenters. The van der Waals surface area contributed by atoms with Crippen molar-refractivity contribution in [2.24, 2.45) is 0 Å². The molecule has 5 nitrogen and oxygen atoms in total. The van der Waals surface area contributed by atoms with E-state index in [9.17, 15) is 9.59 Å². The molecule has 1 aliphatic heterocycles. The molecule has 0 aliphatic carbocycles. The Morgan fingerprint density at radius 3 is 3.07 bits per heavy atom. The fraction of sp³-hybridized carbons (Fsp3) is 0.400. The third-order valence-corrected chi connectivity index (χ3v) is 2.46. The third-order valence-electron chi connectivity index (χ3n) is 2.46. The lowest BCUT2D eigenvalue weighted by molar-refractivity contribution is 0.0938. The zero-order valence-electron chi connectivity index (χ0n) is 8.25. The van der Waals surface area contributed by atoms with Crippen molar-refractivity contribution in [3.05, 3.63) is 34.2 Å². The number of carbonyl (C=O) groups is 1. The number of H-pyrrole nitrogens is 1. The van der Waals surface area contributed by atoms with Crippen molar-refractivity contribution in [2.75, 3.05) is 13.1 Å². The van der Waals surface area contributed by atoms with E-state index in [0.717, 1.165) is 19.5 Å². The van der Waals surface area contributed by atoms with E-state index in [1.165, 1.54) is 12.3 Å². The average Bonchev–Trinajstić information content (AvgIpc) is 2.71. The van der Waals surface area contributed by atoms with Gasteiger partial charge in [-0.3, -0.25) is 9.59 Å². The maximum absolute atomic E-state index is 11.7. The van der Waals surface area contributed by atoms with Crippen molar-refractivity contribution in [2.45, 2.75) is 12.5 Å². The summed E-state index contributed by atoms with van der Waals surface area (Å²) in [7, 11) is 0. The number of aromatic nitrogens is 1. The summed E-state index contributed by atoms with van der Waals surface area (Å²) in [5.74, 6) is -0.300. The van der Waals surface area contributed by atoms with Gasteiger partial charge in [-0.15, -0.1) is 0 Å². The molecule has 0 unspecified atom stereocenters. The van der Waals surface area contributed by atoms with E-state index in [-0.39, 0.29) is 23.1 Å². The molecule has 80 valence electrons. The van der Waals surface area contributed by atoms with Crippen molar-refractivity contribution in [1.29, 1.82) is 0 Å². The highest BCUT2D eigenvalue weighted by Gasteiger charge is 2.18. The molecule has 1 saturated heterocycles. The first-order chi connectivity index (χ1) is 7.27. The zero-order valence-corrected chi connectivity index (χ0v) is 8.25. The second-order valence-corrected chi connectivity index (χ2v) is 3.58. The molecule has 0 aromatic carbocycles. The van der Waals surface area contributed by atoms with Gasteiger partial charge in [0.05, 0.1) is 0 Å². The Morgan fingerprint density at radius 2 is 2.40 bits per heavy atom. The van der Waals surface area contributed by atoms with Crippen LogP contribution in [0.15, 0.2) is 23.1 Å². The highest BCUT2D eigenvalue weighted by molar-refractivity contribution is 5.93. The fourth-order valence-electron chi connectivity index (χ4n) is 1.64. The molecular formula is C10H13N3O2. The number of carbonyl (C=O) groups excluding carboxylic acids is 1. The first kappa shape index (κ1) is 9.92. The van der Waals surface area contributed by atoms with Gasteiger partial charge < -0.3 is 15.6 Å². The monoisotopic (exact) mass is 207 g/mol. The van der Waals surface area contributed by atoms with Crippen molar-refractivity contribution in [3.63, 3.8) is 0 Å². The molecule has 1 aromatic heterocycles. The largest absolute Gasteiger partial charge is 0.348 e. The van der Waals surface area contributed by atoms with Crippen LogP contribution in [0.25, 0.3) is 0 Å². The van der Waals surface area contributed by atoms with E-state index >= 15 is 0 Å². The van der Waals surface area contributed by atoms with Gasteiger partial charge in [0.25, 0.3) is 11.5 Å². The highest BCUT2D eigenvalue weighted by atomic mass is 16.2. The number of aromatic amines is 1. The maximum Gasteiger partial charge on any atom is 0.260 e. The zero-order chi connectivity index (χ0) is 10.7. The molecule has 0 saturated carbocycles. The van der Waals surface area contributed by atoms with Crippen LogP contribution in [0.2, 0.25) is 0 Å². The minimum absolute atomic E-state index is 0.136. The van der Waals surface area contributed by atoms with Gasteiger partial charge in [0.1, 0.15) is 5.56 Å². The summed E-state index contributed by atoms with van der Waals surface area (Å²) in [6.45, 7) is 1.69. The Bertz CT molecular complexity index is 407. The Hall–Kier alpha value is -1.62.